The van der Waals surface area contributed by atoms with Crippen LogP contribution < -0.4 is 5.32 Å². The van der Waals surface area contributed by atoms with E-state index in [1.165, 1.54) is 28.8 Å². The van der Waals surface area contributed by atoms with Crippen molar-refractivity contribution < 1.29 is 4.39 Å². The number of hydrogen-bond acceptors (Lipinski definition) is 1. The standard InChI is InChI=1S/C15H16FN/c1-11-4-3-5-12(2)15(11)10-17-14-8-6-13(16)7-9-14/h3-9,17H,10H2,1-2H3. The van der Waals surface area contributed by atoms with Crippen LogP contribution in [-0.2, 0) is 6.54 Å². The Bertz CT molecular complexity index is 483. The van der Waals surface area contributed by atoms with E-state index in [2.05, 4.69) is 37.4 Å². The molecule has 0 aromatic heterocycles. The Morgan fingerprint density at radius 2 is 1.53 bits per heavy atom. The molecule has 0 fully saturated rings. The van der Waals surface area contributed by atoms with Crippen molar-refractivity contribution in [3.63, 3.8) is 0 Å². The largest absolute Gasteiger partial charge is 0.381 e. The minimum absolute atomic E-state index is 0.206. The predicted molar refractivity (Wildman–Crippen MR) is 69.6 cm³/mol. The van der Waals surface area contributed by atoms with Gasteiger partial charge in [-0.25, -0.2) is 4.39 Å². The van der Waals surface area contributed by atoms with Crippen LogP contribution in [0.1, 0.15) is 16.7 Å². The monoisotopic (exact) mass is 229 g/mol. The molecule has 0 aliphatic rings. The quantitative estimate of drug-likeness (QED) is 0.837. The summed E-state index contributed by atoms with van der Waals surface area (Å²) < 4.78 is 12.8. The van der Waals surface area contributed by atoms with Crippen molar-refractivity contribution >= 4 is 5.69 Å². The highest BCUT2D eigenvalue weighted by Gasteiger charge is 2.01. The molecule has 0 spiro atoms. The highest BCUT2D eigenvalue weighted by molar-refractivity contribution is 5.45. The molecule has 2 aromatic carbocycles. The van der Waals surface area contributed by atoms with E-state index in [4.69, 9.17) is 0 Å². The summed E-state index contributed by atoms with van der Waals surface area (Å²) in [6.45, 7) is 4.98. The van der Waals surface area contributed by atoms with Gasteiger partial charge in [-0.15, -0.1) is 0 Å². The normalized spacial score (nSPS) is 10.3. The van der Waals surface area contributed by atoms with Crippen LogP contribution in [0.3, 0.4) is 0 Å². The minimum atomic E-state index is -0.206. The molecule has 1 nitrogen and oxygen atoms in total. The highest BCUT2D eigenvalue weighted by Crippen LogP contribution is 2.16. The molecule has 0 amide bonds. The summed E-state index contributed by atoms with van der Waals surface area (Å²) in [5.74, 6) is -0.206. The lowest BCUT2D eigenvalue weighted by Gasteiger charge is -2.11. The van der Waals surface area contributed by atoms with Crippen LogP contribution in [0, 0.1) is 19.7 Å². The number of halogens is 1. The van der Waals surface area contributed by atoms with Crippen LogP contribution in [0.4, 0.5) is 10.1 Å². The predicted octanol–water partition coefficient (Wildman–Crippen LogP) is 4.05. The van der Waals surface area contributed by atoms with Crippen molar-refractivity contribution in [1.29, 1.82) is 0 Å². The number of anilines is 1. The van der Waals surface area contributed by atoms with Gasteiger partial charge in [-0.1, -0.05) is 18.2 Å². The molecule has 17 heavy (non-hydrogen) atoms. The first kappa shape index (κ1) is 11.6. The lowest BCUT2D eigenvalue weighted by Crippen LogP contribution is -2.03. The molecule has 2 aromatic rings. The van der Waals surface area contributed by atoms with Crippen molar-refractivity contribution in [1.82, 2.24) is 0 Å². The van der Waals surface area contributed by atoms with Gasteiger partial charge in [0.25, 0.3) is 0 Å². The summed E-state index contributed by atoms with van der Waals surface area (Å²) >= 11 is 0. The fraction of sp³-hybridized carbons (Fsp3) is 0.200. The van der Waals surface area contributed by atoms with Gasteiger partial charge in [0.2, 0.25) is 0 Å². The van der Waals surface area contributed by atoms with E-state index in [1.807, 2.05) is 0 Å². The first-order chi connectivity index (χ1) is 8.16. The maximum absolute atomic E-state index is 12.8. The summed E-state index contributed by atoms with van der Waals surface area (Å²) in [5, 5.41) is 3.30. The van der Waals surface area contributed by atoms with E-state index >= 15 is 0 Å². The zero-order valence-electron chi connectivity index (χ0n) is 10.1. The summed E-state index contributed by atoms with van der Waals surface area (Å²) in [7, 11) is 0. The number of aryl methyl sites for hydroxylation is 2. The Morgan fingerprint density at radius 1 is 0.941 bits per heavy atom. The Morgan fingerprint density at radius 3 is 2.12 bits per heavy atom. The molecule has 2 heteroatoms. The van der Waals surface area contributed by atoms with Gasteiger partial charge < -0.3 is 5.32 Å². The molecule has 0 saturated heterocycles. The molecule has 0 saturated carbocycles. The smallest absolute Gasteiger partial charge is 0.123 e. The Balaban J connectivity index is 2.10. The molecule has 2 rings (SSSR count). The number of benzene rings is 2. The molecule has 88 valence electrons. The van der Waals surface area contributed by atoms with Gasteiger partial charge in [-0.3, -0.25) is 0 Å². The van der Waals surface area contributed by atoms with Crippen LogP contribution >= 0.6 is 0 Å². The number of hydrogen-bond donors (Lipinski definition) is 1. The van der Waals surface area contributed by atoms with Gasteiger partial charge in [0.05, 0.1) is 0 Å². The molecule has 0 heterocycles. The first-order valence-electron chi connectivity index (χ1n) is 5.71. The second-order valence-electron chi connectivity index (χ2n) is 4.23. The zero-order chi connectivity index (χ0) is 12.3. The second-order valence-corrected chi connectivity index (χ2v) is 4.23. The fourth-order valence-electron chi connectivity index (χ4n) is 1.89. The number of nitrogens with one attached hydrogen (secondary N) is 1. The molecule has 0 aliphatic heterocycles. The van der Waals surface area contributed by atoms with Crippen molar-refractivity contribution in [2.75, 3.05) is 5.32 Å². The van der Waals surface area contributed by atoms with Gasteiger partial charge in [-0.05, 0) is 54.8 Å². The maximum Gasteiger partial charge on any atom is 0.123 e. The number of rotatable bonds is 3. The van der Waals surface area contributed by atoms with E-state index in [0.29, 0.717) is 0 Å². The summed E-state index contributed by atoms with van der Waals surface area (Å²) in [4.78, 5) is 0. The van der Waals surface area contributed by atoms with Crippen LogP contribution in [0.5, 0.6) is 0 Å². The summed E-state index contributed by atoms with van der Waals surface area (Å²) in [6.07, 6.45) is 0. The lowest BCUT2D eigenvalue weighted by atomic mass is 10.0. The van der Waals surface area contributed by atoms with Crippen molar-refractivity contribution in [3.8, 4) is 0 Å². The second kappa shape index (κ2) is 5.00. The van der Waals surface area contributed by atoms with Crippen LogP contribution in [-0.4, -0.2) is 0 Å². The van der Waals surface area contributed by atoms with Gasteiger partial charge in [-0.2, -0.15) is 0 Å². The Hall–Kier alpha value is -1.83. The summed E-state index contributed by atoms with van der Waals surface area (Å²) in [6, 6.07) is 12.7. The first-order valence-corrected chi connectivity index (χ1v) is 5.71. The molecule has 0 atom stereocenters. The Labute approximate surface area is 101 Å². The van der Waals surface area contributed by atoms with Crippen molar-refractivity contribution in [2.45, 2.75) is 20.4 Å². The van der Waals surface area contributed by atoms with Gasteiger partial charge in [0.1, 0.15) is 5.82 Å². The third kappa shape index (κ3) is 2.84. The molecule has 1 N–H and O–H groups in total. The van der Waals surface area contributed by atoms with Gasteiger partial charge in [0, 0.05) is 12.2 Å². The molecule has 0 bridgehead atoms. The zero-order valence-corrected chi connectivity index (χ0v) is 10.1. The highest BCUT2D eigenvalue weighted by atomic mass is 19.1. The van der Waals surface area contributed by atoms with Gasteiger partial charge >= 0.3 is 0 Å². The maximum atomic E-state index is 12.8. The van der Waals surface area contributed by atoms with Crippen LogP contribution in [0.15, 0.2) is 42.5 Å². The average molecular weight is 229 g/mol. The lowest BCUT2D eigenvalue weighted by molar-refractivity contribution is 0.628. The average Bonchev–Trinajstić information content (AvgIpc) is 2.31. The van der Waals surface area contributed by atoms with Crippen molar-refractivity contribution in [2.24, 2.45) is 0 Å². The molecule has 0 unspecified atom stereocenters. The Kier molecular flexibility index (Phi) is 3.43. The fourth-order valence-corrected chi connectivity index (χ4v) is 1.89. The van der Waals surface area contributed by atoms with E-state index in [0.717, 1.165) is 12.2 Å². The minimum Gasteiger partial charge on any atom is -0.381 e. The van der Waals surface area contributed by atoms with E-state index in [9.17, 15) is 4.39 Å². The SMILES string of the molecule is Cc1cccc(C)c1CNc1ccc(F)cc1. The van der Waals surface area contributed by atoms with Crippen LogP contribution in [0.25, 0.3) is 0 Å². The molecule has 0 aliphatic carbocycles. The topological polar surface area (TPSA) is 12.0 Å². The molecular weight excluding hydrogens is 213 g/mol. The van der Waals surface area contributed by atoms with Crippen LogP contribution in [0.2, 0.25) is 0 Å². The summed E-state index contributed by atoms with van der Waals surface area (Å²) in [5.41, 5.74) is 4.80. The van der Waals surface area contributed by atoms with Crippen molar-refractivity contribution in [3.05, 3.63) is 65.0 Å². The third-order valence-electron chi connectivity index (χ3n) is 2.96. The van der Waals surface area contributed by atoms with E-state index in [-0.39, 0.29) is 5.82 Å². The molecular formula is C15H16FN. The molecule has 0 radical (unpaired) electrons. The van der Waals surface area contributed by atoms with E-state index < -0.39 is 0 Å². The van der Waals surface area contributed by atoms with E-state index in [1.54, 1.807) is 12.1 Å². The third-order valence-corrected chi connectivity index (χ3v) is 2.96. The van der Waals surface area contributed by atoms with Gasteiger partial charge in [0.15, 0.2) is 0 Å².